The van der Waals surface area contributed by atoms with Gasteiger partial charge in [0, 0.05) is 18.2 Å². The molecule has 0 saturated heterocycles. The van der Waals surface area contributed by atoms with Crippen LogP contribution in [0, 0.1) is 0 Å². The highest BCUT2D eigenvalue weighted by Gasteiger charge is 2.25. The fourth-order valence-corrected chi connectivity index (χ4v) is 3.14. The van der Waals surface area contributed by atoms with Gasteiger partial charge in [0.2, 0.25) is 5.91 Å². The van der Waals surface area contributed by atoms with Crippen LogP contribution in [0.1, 0.15) is 44.0 Å². The van der Waals surface area contributed by atoms with Gasteiger partial charge in [0.15, 0.2) is 0 Å². The number of carbonyl (C=O) groups excluding carboxylic acids is 3. The average Bonchev–Trinajstić information content (AvgIpc) is 2.79. The summed E-state index contributed by atoms with van der Waals surface area (Å²) >= 11 is 0. The van der Waals surface area contributed by atoms with Gasteiger partial charge >= 0.3 is 6.09 Å². The lowest BCUT2D eigenvalue weighted by atomic mass is 9.98. The molecule has 2 aromatic carbocycles. The SMILES string of the molecule is CC(C)(CCC(=O)NC1=CNC(c2ccccc2)NC1=O)NC(=O)OCc1ccccc1. The van der Waals surface area contributed by atoms with E-state index < -0.39 is 11.6 Å². The van der Waals surface area contributed by atoms with E-state index in [-0.39, 0.29) is 36.7 Å². The number of rotatable bonds is 8. The molecule has 3 amide bonds. The third-order valence-corrected chi connectivity index (χ3v) is 4.95. The topological polar surface area (TPSA) is 109 Å². The van der Waals surface area contributed by atoms with Crippen LogP contribution < -0.4 is 21.3 Å². The lowest BCUT2D eigenvalue weighted by Crippen LogP contribution is -2.47. The number of hydrogen-bond acceptors (Lipinski definition) is 5. The maximum absolute atomic E-state index is 12.3. The lowest BCUT2D eigenvalue weighted by Gasteiger charge is -2.27. The molecule has 0 radical (unpaired) electrons. The summed E-state index contributed by atoms with van der Waals surface area (Å²) in [7, 11) is 0. The van der Waals surface area contributed by atoms with Crippen molar-refractivity contribution in [1.82, 2.24) is 21.3 Å². The molecule has 8 heteroatoms. The average molecular weight is 437 g/mol. The zero-order chi connectivity index (χ0) is 23.0. The molecule has 0 spiro atoms. The first-order valence-corrected chi connectivity index (χ1v) is 10.4. The molecule has 0 aliphatic carbocycles. The zero-order valence-corrected chi connectivity index (χ0v) is 18.2. The summed E-state index contributed by atoms with van der Waals surface area (Å²) in [6, 6.07) is 18.8. The molecule has 1 aliphatic rings. The van der Waals surface area contributed by atoms with Crippen LogP contribution in [0.15, 0.2) is 72.6 Å². The van der Waals surface area contributed by atoms with E-state index in [2.05, 4.69) is 21.3 Å². The predicted molar refractivity (Wildman–Crippen MR) is 120 cm³/mol. The van der Waals surface area contributed by atoms with Gasteiger partial charge in [-0.2, -0.15) is 0 Å². The van der Waals surface area contributed by atoms with Crippen molar-refractivity contribution >= 4 is 17.9 Å². The third kappa shape index (κ3) is 6.87. The Kier molecular flexibility index (Phi) is 7.49. The second-order valence-electron chi connectivity index (χ2n) is 8.16. The summed E-state index contributed by atoms with van der Waals surface area (Å²) in [5.41, 5.74) is 1.29. The minimum atomic E-state index is -0.662. The second kappa shape index (κ2) is 10.5. The molecular formula is C24H28N4O4. The summed E-state index contributed by atoms with van der Waals surface area (Å²) in [6.45, 7) is 3.79. The Hall–Kier alpha value is -3.81. The van der Waals surface area contributed by atoms with Crippen molar-refractivity contribution in [3.05, 3.63) is 83.7 Å². The van der Waals surface area contributed by atoms with Crippen molar-refractivity contribution in [2.45, 2.75) is 45.0 Å². The van der Waals surface area contributed by atoms with E-state index in [9.17, 15) is 14.4 Å². The standard InChI is InChI=1S/C24H28N4O4/c1-24(2,28-23(31)32-16-17-9-5-3-6-10-17)14-13-20(29)26-19-15-25-21(27-22(19)30)18-11-7-4-8-12-18/h3-12,15,21,25H,13-14,16H2,1-2H3,(H,26,29)(H,27,30)(H,28,31). The Labute approximate surface area is 187 Å². The van der Waals surface area contributed by atoms with Crippen LogP contribution in [0.3, 0.4) is 0 Å². The number of ether oxygens (including phenoxy) is 1. The summed E-state index contributed by atoms with van der Waals surface area (Å²) in [5.74, 6) is -0.688. The maximum atomic E-state index is 12.3. The molecule has 0 fully saturated rings. The summed E-state index contributed by atoms with van der Waals surface area (Å²) in [4.78, 5) is 36.8. The molecule has 32 heavy (non-hydrogen) atoms. The molecule has 3 rings (SSSR count). The number of benzene rings is 2. The van der Waals surface area contributed by atoms with Gasteiger partial charge in [0.1, 0.15) is 18.5 Å². The molecule has 1 unspecified atom stereocenters. The summed E-state index contributed by atoms with van der Waals surface area (Å²) in [5, 5.41) is 11.3. The zero-order valence-electron chi connectivity index (χ0n) is 18.2. The molecule has 168 valence electrons. The molecule has 2 aromatic rings. The minimum Gasteiger partial charge on any atom is -0.445 e. The minimum absolute atomic E-state index is 0.124. The lowest BCUT2D eigenvalue weighted by molar-refractivity contribution is -0.124. The van der Waals surface area contributed by atoms with E-state index in [0.29, 0.717) is 6.42 Å². The number of amides is 3. The fourth-order valence-electron chi connectivity index (χ4n) is 3.14. The van der Waals surface area contributed by atoms with E-state index in [1.807, 2.05) is 74.5 Å². The maximum Gasteiger partial charge on any atom is 0.407 e. The van der Waals surface area contributed by atoms with Crippen LogP contribution >= 0.6 is 0 Å². The van der Waals surface area contributed by atoms with Crippen LogP contribution in [-0.4, -0.2) is 23.4 Å². The Bertz CT molecular complexity index is 974. The van der Waals surface area contributed by atoms with Crippen molar-refractivity contribution in [1.29, 1.82) is 0 Å². The van der Waals surface area contributed by atoms with Gasteiger partial charge in [-0.25, -0.2) is 4.79 Å². The third-order valence-electron chi connectivity index (χ3n) is 4.95. The Balaban J connectivity index is 1.42. The van der Waals surface area contributed by atoms with Crippen molar-refractivity contribution in [3.63, 3.8) is 0 Å². The van der Waals surface area contributed by atoms with Gasteiger partial charge < -0.3 is 26.0 Å². The molecule has 1 heterocycles. The molecule has 8 nitrogen and oxygen atoms in total. The molecular weight excluding hydrogens is 408 g/mol. The van der Waals surface area contributed by atoms with Crippen LogP contribution in [-0.2, 0) is 20.9 Å². The van der Waals surface area contributed by atoms with Crippen LogP contribution in [0.5, 0.6) is 0 Å². The van der Waals surface area contributed by atoms with E-state index in [4.69, 9.17) is 4.74 Å². The van der Waals surface area contributed by atoms with Crippen LogP contribution in [0.2, 0.25) is 0 Å². The largest absolute Gasteiger partial charge is 0.445 e. The van der Waals surface area contributed by atoms with Gasteiger partial charge in [0.25, 0.3) is 5.91 Å². The Morgan fingerprint density at radius 1 is 1.03 bits per heavy atom. The highest BCUT2D eigenvalue weighted by atomic mass is 16.5. The van der Waals surface area contributed by atoms with Gasteiger partial charge in [-0.3, -0.25) is 9.59 Å². The van der Waals surface area contributed by atoms with Crippen LogP contribution in [0.25, 0.3) is 0 Å². The highest BCUT2D eigenvalue weighted by Crippen LogP contribution is 2.15. The smallest absolute Gasteiger partial charge is 0.407 e. The number of alkyl carbamates (subject to hydrolysis) is 1. The van der Waals surface area contributed by atoms with E-state index >= 15 is 0 Å². The quantitative estimate of drug-likeness (QED) is 0.509. The predicted octanol–water partition coefficient (Wildman–Crippen LogP) is 2.85. The number of hydrogen-bond donors (Lipinski definition) is 4. The molecule has 0 bridgehead atoms. The normalized spacial score (nSPS) is 15.6. The first-order chi connectivity index (χ1) is 15.3. The first kappa shape index (κ1) is 22.9. The second-order valence-corrected chi connectivity index (χ2v) is 8.16. The molecule has 1 aliphatic heterocycles. The molecule has 1 atom stereocenters. The van der Waals surface area contributed by atoms with Gasteiger partial charge in [0.05, 0.1) is 0 Å². The number of nitrogens with one attached hydrogen (secondary N) is 4. The van der Waals surface area contributed by atoms with Crippen molar-refractivity contribution in [2.75, 3.05) is 0 Å². The molecule has 4 N–H and O–H groups in total. The first-order valence-electron chi connectivity index (χ1n) is 10.4. The van der Waals surface area contributed by atoms with Gasteiger partial charge in [-0.1, -0.05) is 60.7 Å². The fraction of sp³-hybridized carbons (Fsp3) is 0.292. The Morgan fingerprint density at radius 2 is 1.69 bits per heavy atom. The highest BCUT2D eigenvalue weighted by molar-refractivity contribution is 5.98. The summed E-state index contributed by atoms with van der Waals surface area (Å²) < 4.78 is 5.23. The number of carbonyl (C=O) groups is 3. The molecule has 0 saturated carbocycles. The van der Waals surface area contributed by atoms with Crippen molar-refractivity contribution in [3.8, 4) is 0 Å². The van der Waals surface area contributed by atoms with Gasteiger partial charge in [-0.05, 0) is 31.4 Å². The van der Waals surface area contributed by atoms with E-state index in [0.717, 1.165) is 11.1 Å². The van der Waals surface area contributed by atoms with Crippen molar-refractivity contribution in [2.24, 2.45) is 0 Å². The van der Waals surface area contributed by atoms with Crippen molar-refractivity contribution < 1.29 is 19.1 Å². The Morgan fingerprint density at radius 3 is 2.34 bits per heavy atom. The van der Waals surface area contributed by atoms with E-state index in [1.54, 1.807) is 0 Å². The monoisotopic (exact) mass is 436 g/mol. The van der Waals surface area contributed by atoms with Gasteiger partial charge in [-0.15, -0.1) is 0 Å². The molecule has 0 aromatic heterocycles. The van der Waals surface area contributed by atoms with Crippen LogP contribution in [0.4, 0.5) is 4.79 Å². The summed E-state index contributed by atoms with van der Waals surface area (Å²) in [6.07, 6.45) is 1.09. The van der Waals surface area contributed by atoms with E-state index in [1.165, 1.54) is 6.20 Å².